The van der Waals surface area contributed by atoms with Crippen LogP contribution in [-0.2, 0) is 6.54 Å². The number of nitrogens with zero attached hydrogens (tertiary/aromatic N) is 2. The lowest BCUT2D eigenvalue weighted by atomic mass is 10.3. The molecule has 1 heterocycles. The van der Waals surface area contributed by atoms with Crippen molar-refractivity contribution < 1.29 is 4.74 Å². The molecule has 0 unspecified atom stereocenters. The van der Waals surface area contributed by atoms with Gasteiger partial charge in [-0.3, -0.25) is 0 Å². The monoisotopic (exact) mass is 245 g/mol. The minimum atomic E-state index is 0.712. The Labute approximate surface area is 108 Å². The minimum Gasteiger partial charge on any atom is -0.494 e. The summed E-state index contributed by atoms with van der Waals surface area (Å²) in [5.41, 5.74) is 0. The van der Waals surface area contributed by atoms with Gasteiger partial charge >= 0.3 is 0 Å². The maximum atomic E-state index is 5.61. The minimum absolute atomic E-state index is 0.712. The zero-order valence-electron chi connectivity index (χ0n) is 10.7. The summed E-state index contributed by atoms with van der Waals surface area (Å²) in [6, 6.07) is 9.88. The Balaban J connectivity index is 1.65. The van der Waals surface area contributed by atoms with Gasteiger partial charge in [0.2, 0.25) is 5.95 Å². The molecule has 0 aliphatic rings. The quantitative estimate of drug-likeness (QED) is 0.762. The van der Waals surface area contributed by atoms with Crippen molar-refractivity contribution in [2.24, 2.45) is 0 Å². The lowest BCUT2D eigenvalue weighted by molar-refractivity contribution is 0.315. The molecule has 0 amide bonds. The van der Waals surface area contributed by atoms with Crippen molar-refractivity contribution in [3.05, 3.63) is 42.7 Å². The van der Waals surface area contributed by atoms with Crippen LogP contribution in [0.3, 0.4) is 0 Å². The van der Waals surface area contributed by atoms with E-state index in [1.165, 1.54) is 0 Å². The van der Waals surface area contributed by atoms with E-state index in [1.54, 1.807) is 0 Å². The summed E-state index contributed by atoms with van der Waals surface area (Å²) in [7, 11) is 0. The molecule has 4 heteroatoms. The van der Waals surface area contributed by atoms with E-state index in [1.807, 2.05) is 42.7 Å². The van der Waals surface area contributed by atoms with Crippen LogP contribution in [0.2, 0.25) is 0 Å². The predicted molar refractivity (Wildman–Crippen MR) is 72.9 cm³/mol. The van der Waals surface area contributed by atoms with E-state index in [9.17, 15) is 0 Å². The molecule has 1 aromatic carbocycles. The fourth-order valence-electron chi connectivity index (χ4n) is 1.71. The molecule has 0 bridgehead atoms. The largest absolute Gasteiger partial charge is 0.494 e. The maximum absolute atomic E-state index is 5.61. The average molecular weight is 245 g/mol. The molecule has 1 aromatic heterocycles. The zero-order valence-corrected chi connectivity index (χ0v) is 10.7. The first-order valence-electron chi connectivity index (χ1n) is 6.33. The standard InChI is InChI=1S/C14H19N3O/c1-2-17-11-10-16-14(17)15-9-6-12-18-13-7-4-3-5-8-13/h3-5,7-8,10-11H,2,6,9,12H2,1H3,(H,15,16). The number of benzene rings is 1. The van der Waals surface area contributed by atoms with Crippen molar-refractivity contribution in [1.29, 1.82) is 0 Å². The van der Waals surface area contributed by atoms with Gasteiger partial charge in [-0.05, 0) is 25.5 Å². The van der Waals surface area contributed by atoms with Crippen molar-refractivity contribution in [3.8, 4) is 5.75 Å². The number of aryl methyl sites for hydroxylation is 1. The third kappa shape index (κ3) is 3.52. The fraction of sp³-hybridized carbons (Fsp3) is 0.357. The van der Waals surface area contributed by atoms with Gasteiger partial charge in [-0.1, -0.05) is 18.2 Å². The molecule has 4 nitrogen and oxygen atoms in total. The first-order valence-corrected chi connectivity index (χ1v) is 6.33. The molecular weight excluding hydrogens is 226 g/mol. The second-order valence-electron chi connectivity index (χ2n) is 3.98. The molecule has 2 rings (SSSR count). The molecular formula is C14H19N3O. The summed E-state index contributed by atoms with van der Waals surface area (Å²) in [4.78, 5) is 4.25. The van der Waals surface area contributed by atoms with Gasteiger partial charge in [-0.2, -0.15) is 0 Å². The first kappa shape index (κ1) is 12.5. The number of hydrogen-bond donors (Lipinski definition) is 1. The number of nitrogens with one attached hydrogen (secondary N) is 1. The highest BCUT2D eigenvalue weighted by molar-refractivity contribution is 5.25. The molecule has 0 saturated carbocycles. The number of hydrogen-bond acceptors (Lipinski definition) is 3. The van der Waals surface area contributed by atoms with Gasteiger partial charge in [0.25, 0.3) is 0 Å². The summed E-state index contributed by atoms with van der Waals surface area (Å²) >= 11 is 0. The maximum Gasteiger partial charge on any atom is 0.202 e. The van der Waals surface area contributed by atoms with E-state index in [0.29, 0.717) is 6.61 Å². The third-order valence-electron chi connectivity index (χ3n) is 2.67. The normalized spacial score (nSPS) is 10.3. The Morgan fingerprint density at radius 2 is 2.11 bits per heavy atom. The van der Waals surface area contributed by atoms with Crippen LogP contribution >= 0.6 is 0 Å². The van der Waals surface area contributed by atoms with Gasteiger partial charge in [-0.25, -0.2) is 4.98 Å². The SMILES string of the molecule is CCn1ccnc1NCCCOc1ccccc1. The Bertz CT molecular complexity index is 453. The highest BCUT2D eigenvalue weighted by Gasteiger charge is 1.99. The van der Waals surface area contributed by atoms with Gasteiger partial charge in [-0.15, -0.1) is 0 Å². The van der Waals surface area contributed by atoms with Crippen LogP contribution in [0.4, 0.5) is 5.95 Å². The van der Waals surface area contributed by atoms with Crippen LogP contribution in [0.15, 0.2) is 42.7 Å². The van der Waals surface area contributed by atoms with Gasteiger partial charge in [0.05, 0.1) is 6.61 Å². The molecule has 0 radical (unpaired) electrons. The Morgan fingerprint density at radius 3 is 2.89 bits per heavy atom. The number of aromatic nitrogens is 2. The fourth-order valence-corrected chi connectivity index (χ4v) is 1.71. The van der Waals surface area contributed by atoms with Crippen LogP contribution in [-0.4, -0.2) is 22.7 Å². The molecule has 0 saturated heterocycles. The zero-order chi connectivity index (χ0) is 12.6. The smallest absolute Gasteiger partial charge is 0.202 e. The molecule has 18 heavy (non-hydrogen) atoms. The van der Waals surface area contributed by atoms with E-state index in [4.69, 9.17) is 4.74 Å². The second-order valence-corrected chi connectivity index (χ2v) is 3.98. The van der Waals surface area contributed by atoms with Gasteiger partial charge in [0, 0.05) is 25.5 Å². The van der Waals surface area contributed by atoms with Crippen molar-refractivity contribution in [3.63, 3.8) is 0 Å². The van der Waals surface area contributed by atoms with E-state index in [0.717, 1.165) is 31.2 Å². The molecule has 2 aromatic rings. The van der Waals surface area contributed by atoms with Crippen LogP contribution in [0.5, 0.6) is 5.75 Å². The van der Waals surface area contributed by atoms with Crippen molar-refractivity contribution in [2.45, 2.75) is 19.9 Å². The second kappa shape index (κ2) is 6.69. The topological polar surface area (TPSA) is 39.1 Å². The van der Waals surface area contributed by atoms with E-state index in [-0.39, 0.29) is 0 Å². The van der Waals surface area contributed by atoms with Crippen molar-refractivity contribution in [2.75, 3.05) is 18.5 Å². The summed E-state index contributed by atoms with van der Waals surface area (Å²) < 4.78 is 7.70. The molecule has 1 N–H and O–H groups in total. The Kier molecular flexibility index (Phi) is 4.64. The third-order valence-corrected chi connectivity index (χ3v) is 2.67. The lowest BCUT2D eigenvalue weighted by Gasteiger charge is -2.08. The Morgan fingerprint density at radius 1 is 1.28 bits per heavy atom. The van der Waals surface area contributed by atoms with Crippen LogP contribution in [0.25, 0.3) is 0 Å². The number of para-hydroxylation sites is 1. The highest BCUT2D eigenvalue weighted by Crippen LogP contribution is 2.08. The van der Waals surface area contributed by atoms with E-state index in [2.05, 4.69) is 21.8 Å². The van der Waals surface area contributed by atoms with E-state index >= 15 is 0 Å². The molecule has 0 spiro atoms. The molecule has 0 fully saturated rings. The molecule has 0 aliphatic heterocycles. The molecule has 96 valence electrons. The molecule has 0 aliphatic carbocycles. The predicted octanol–water partition coefficient (Wildman–Crippen LogP) is 2.78. The van der Waals surface area contributed by atoms with E-state index < -0.39 is 0 Å². The highest BCUT2D eigenvalue weighted by atomic mass is 16.5. The first-order chi connectivity index (χ1) is 8.90. The van der Waals surface area contributed by atoms with Crippen LogP contribution < -0.4 is 10.1 Å². The van der Waals surface area contributed by atoms with Gasteiger partial charge in [0.1, 0.15) is 5.75 Å². The van der Waals surface area contributed by atoms with Crippen molar-refractivity contribution in [1.82, 2.24) is 9.55 Å². The molecule has 0 atom stereocenters. The number of imidazole rings is 1. The van der Waals surface area contributed by atoms with Gasteiger partial charge < -0.3 is 14.6 Å². The van der Waals surface area contributed by atoms with Crippen LogP contribution in [0.1, 0.15) is 13.3 Å². The number of rotatable bonds is 7. The summed E-state index contributed by atoms with van der Waals surface area (Å²) in [5, 5.41) is 3.30. The summed E-state index contributed by atoms with van der Waals surface area (Å²) in [6.45, 7) is 4.61. The Hall–Kier alpha value is -1.97. The lowest BCUT2D eigenvalue weighted by Crippen LogP contribution is -2.11. The van der Waals surface area contributed by atoms with Gasteiger partial charge in [0.15, 0.2) is 0 Å². The van der Waals surface area contributed by atoms with Crippen LogP contribution in [0, 0.1) is 0 Å². The van der Waals surface area contributed by atoms with Crippen molar-refractivity contribution >= 4 is 5.95 Å². The summed E-state index contributed by atoms with van der Waals surface area (Å²) in [5.74, 6) is 1.85. The summed E-state index contributed by atoms with van der Waals surface area (Å²) in [6.07, 6.45) is 4.74. The average Bonchev–Trinajstić information content (AvgIpc) is 2.87. The number of ether oxygens (including phenoxy) is 1. The number of anilines is 1.